The molecule has 2 aromatic heterocycles. The van der Waals surface area contributed by atoms with Crippen LogP contribution in [0.25, 0.3) is 10.9 Å². The van der Waals surface area contributed by atoms with Crippen LogP contribution in [0.3, 0.4) is 0 Å². The van der Waals surface area contributed by atoms with E-state index in [0.29, 0.717) is 36.9 Å². The fraction of sp³-hybridized carbons (Fsp3) is 0.273. The highest BCUT2D eigenvalue weighted by Gasteiger charge is 2.29. The second kappa shape index (κ2) is 7.87. The molecule has 1 aromatic carbocycles. The minimum absolute atomic E-state index is 0.130. The topological polar surface area (TPSA) is 82.8 Å². The van der Waals surface area contributed by atoms with Gasteiger partial charge in [0.25, 0.3) is 0 Å². The first-order valence-corrected chi connectivity index (χ1v) is 9.50. The number of fused-ring (bicyclic) bond motifs is 3. The maximum atomic E-state index is 13.1. The van der Waals surface area contributed by atoms with Crippen molar-refractivity contribution in [2.45, 2.75) is 19.8 Å². The van der Waals surface area contributed by atoms with E-state index in [9.17, 15) is 9.59 Å². The fourth-order valence-electron chi connectivity index (χ4n) is 3.70. The predicted octanol–water partition coefficient (Wildman–Crippen LogP) is 2.84. The molecule has 0 aliphatic carbocycles. The second-order valence-corrected chi connectivity index (χ2v) is 6.62. The summed E-state index contributed by atoms with van der Waals surface area (Å²) in [6.45, 7) is 2.57. The van der Waals surface area contributed by atoms with E-state index in [4.69, 9.17) is 9.47 Å². The maximum absolute atomic E-state index is 13.1. The summed E-state index contributed by atoms with van der Waals surface area (Å²) < 4.78 is 12.4. The molecule has 0 radical (unpaired) electrons. The van der Waals surface area contributed by atoms with Gasteiger partial charge in [-0.1, -0.05) is 6.07 Å². The van der Waals surface area contributed by atoms with E-state index >= 15 is 0 Å². The molecule has 1 aliphatic rings. The van der Waals surface area contributed by atoms with Gasteiger partial charge < -0.3 is 9.47 Å². The van der Waals surface area contributed by atoms with Crippen LogP contribution >= 0.6 is 0 Å². The average Bonchev–Trinajstić information content (AvgIpc) is 3.07. The molecule has 0 spiro atoms. The third-order valence-corrected chi connectivity index (χ3v) is 4.94. The zero-order chi connectivity index (χ0) is 20.4. The van der Waals surface area contributed by atoms with Crippen LogP contribution in [0.4, 0.5) is 0 Å². The number of carbonyl (C=O) groups is 2. The quantitative estimate of drug-likeness (QED) is 0.477. The Morgan fingerprint density at radius 2 is 2.07 bits per heavy atom. The first kappa shape index (κ1) is 18.9. The van der Waals surface area contributed by atoms with Crippen LogP contribution in [0.1, 0.15) is 28.7 Å². The zero-order valence-electron chi connectivity index (χ0n) is 16.3. The fourth-order valence-corrected chi connectivity index (χ4v) is 3.70. The number of ether oxygens (including phenoxy) is 2. The van der Waals surface area contributed by atoms with Gasteiger partial charge in [0.1, 0.15) is 11.4 Å². The number of rotatable bonds is 6. The smallest absolute Gasteiger partial charge is 0.310 e. The standard InChI is InChI=1S/C22H21N3O4/c1-3-29-20(26)13-16-15-12-14(28-2)7-8-18(15)25-19(16)9-11-24-22(25)21(27)17-6-4-5-10-23-17/h4-8,10,12H,3,9,11,13H2,1-2H3. The van der Waals surface area contributed by atoms with Crippen molar-refractivity contribution < 1.29 is 19.1 Å². The van der Waals surface area contributed by atoms with E-state index in [1.807, 2.05) is 22.8 Å². The largest absolute Gasteiger partial charge is 0.497 e. The van der Waals surface area contributed by atoms with Crippen molar-refractivity contribution >= 4 is 28.5 Å². The monoisotopic (exact) mass is 391 g/mol. The lowest BCUT2D eigenvalue weighted by Gasteiger charge is -2.17. The number of aromatic nitrogens is 2. The van der Waals surface area contributed by atoms with Gasteiger partial charge in [-0.3, -0.25) is 24.1 Å². The molecule has 1 aliphatic heterocycles. The van der Waals surface area contributed by atoms with Crippen molar-refractivity contribution in [1.29, 1.82) is 0 Å². The number of ketones is 1. The van der Waals surface area contributed by atoms with Gasteiger partial charge in [-0.05, 0) is 42.8 Å². The maximum Gasteiger partial charge on any atom is 0.310 e. The van der Waals surface area contributed by atoms with Gasteiger partial charge in [-0.15, -0.1) is 0 Å². The third-order valence-electron chi connectivity index (χ3n) is 4.94. The lowest BCUT2D eigenvalue weighted by atomic mass is 10.0. The van der Waals surface area contributed by atoms with Gasteiger partial charge >= 0.3 is 5.97 Å². The first-order valence-electron chi connectivity index (χ1n) is 9.50. The van der Waals surface area contributed by atoms with Gasteiger partial charge in [-0.2, -0.15) is 0 Å². The third kappa shape index (κ3) is 3.40. The van der Waals surface area contributed by atoms with Gasteiger partial charge in [0.2, 0.25) is 5.78 Å². The summed E-state index contributed by atoms with van der Waals surface area (Å²) in [7, 11) is 1.60. The van der Waals surface area contributed by atoms with Crippen molar-refractivity contribution in [2.24, 2.45) is 4.99 Å². The molecule has 0 saturated carbocycles. The Kier molecular flexibility index (Phi) is 5.12. The van der Waals surface area contributed by atoms with Crippen LogP contribution < -0.4 is 4.74 Å². The lowest BCUT2D eigenvalue weighted by Crippen LogP contribution is -2.29. The average molecular weight is 391 g/mol. The number of carbonyl (C=O) groups excluding carboxylic acids is 2. The van der Waals surface area contributed by atoms with Crippen molar-refractivity contribution in [3.05, 3.63) is 59.5 Å². The van der Waals surface area contributed by atoms with Gasteiger partial charge in [0.15, 0.2) is 5.84 Å². The number of hydrogen-bond acceptors (Lipinski definition) is 6. The first-order chi connectivity index (χ1) is 14.1. The summed E-state index contributed by atoms with van der Waals surface area (Å²) in [5, 5.41) is 0.857. The van der Waals surface area contributed by atoms with Crippen molar-refractivity contribution in [3.63, 3.8) is 0 Å². The Hall–Kier alpha value is -3.48. The van der Waals surface area contributed by atoms with E-state index < -0.39 is 0 Å². The molecular formula is C22H21N3O4. The highest BCUT2D eigenvalue weighted by atomic mass is 16.5. The summed E-state index contributed by atoms with van der Waals surface area (Å²) in [6.07, 6.45) is 2.35. The second-order valence-electron chi connectivity index (χ2n) is 6.62. The van der Waals surface area contributed by atoms with Gasteiger partial charge in [-0.25, -0.2) is 0 Å². The van der Waals surface area contributed by atoms with Crippen LogP contribution in [0.2, 0.25) is 0 Å². The molecule has 0 unspecified atom stereocenters. The number of hydrogen-bond donors (Lipinski definition) is 0. The summed E-state index contributed by atoms with van der Waals surface area (Å²) in [6, 6.07) is 10.8. The molecule has 0 bridgehead atoms. The van der Waals surface area contributed by atoms with E-state index in [1.54, 1.807) is 38.4 Å². The summed E-state index contributed by atoms with van der Waals surface area (Å²) >= 11 is 0. The Bertz CT molecular complexity index is 1120. The molecule has 0 N–H and O–H groups in total. The number of aliphatic imine (C=N–C) groups is 1. The lowest BCUT2D eigenvalue weighted by molar-refractivity contribution is -0.142. The minimum Gasteiger partial charge on any atom is -0.497 e. The van der Waals surface area contributed by atoms with Crippen LogP contribution in [0.15, 0.2) is 47.6 Å². The molecule has 0 fully saturated rings. The molecule has 3 heterocycles. The molecule has 29 heavy (non-hydrogen) atoms. The minimum atomic E-state index is -0.300. The number of nitrogens with zero attached hydrogens (tertiary/aromatic N) is 3. The number of pyridine rings is 1. The Morgan fingerprint density at radius 1 is 1.21 bits per heavy atom. The molecular weight excluding hydrogens is 370 g/mol. The van der Waals surface area contributed by atoms with Crippen LogP contribution in [-0.4, -0.2) is 47.4 Å². The van der Waals surface area contributed by atoms with Crippen molar-refractivity contribution in [1.82, 2.24) is 9.55 Å². The van der Waals surface area contributed by atoms with Crippen molar-refractivity contribution in [2.75, 3.05) is 20.3 Å². The molecule has 3 aromatic rings. The van der Waals surface area contributed by atoms with Crippen LogP contribution in [0.5, 0.6) is 5.75 Å². The molecule has 148 valence electrons. The van der Waals surface area contributed by atoms with E-state index in [0.717, 1.165) is 22.2 Å². The number of Topliss-reactive ketones (excluding diaryl/α,β-unsaturated/α-hetero) is 1. The highest BCUT2D eigenvalue weighted by molar-refractivity contribution is 6.46. The summed E-state index contributed by atoms with van der Waals surface area (Å²) in [4.78, 5) is 34.1. The summed E-state index contributed by atoms with van der Waals surface area (Å²) in [5.74, 6) is 0.447. The normalized spacial score (nSPS) is 13.0. The molecule has 0 atom stereocenters. The van der Waals surface area contributed by atoms with Crippen LogP contribution in [-0.2, 0) is 22.4 Å². The van der Waals surface area contributed by atoms with E-state index in [-0.39, 0.29) is 18.2 Å². The number of esters is 1. The highest BCUT2D eigenvalue weighted by Crippen LogP contribution is 2.32. The molecule has 0 amide bonds. The predicted molar refractivity (Wildman–Crippen MR) is 109 cm³/mol. The molecule has 7 nitrogen and oxygen atoms in total. The summed E-state index contributed by atoms with van der Waals surface area (Å²) in [5.41, 5.74) is 2.89. The molecule has 7 heteroatoms. The van der Waals surface area contributed by atoms with Crippen molar-refractivity contribution in [3.8, 4) is 5.75 Å². The Labute approximate surface area is 168 Å². The molecule has 0 saturated heterocycles. The number of benzene rings is 1. The Morgan fingerprint density at radius 3 is 2.79 bits per heavy atom. The Balaban J connectivity index is 1.89. The van der Waals surface area contributed by atoms with Crippen LogP contribution in [0, 0.1) is 0 Å². The number of methoxy groups -OCH3 is 1. The van der Waals surface area contributed by atoms with Gasteiger partial charge in [0.05, 0.1) is 25.7 Å². The van der Waals surface area contributed by atoms with E-state index in [1.165, 1.54) is 0 Å². The van der Waals surface area contributed by atoms with E-state index in [2.05, 4.69) is 9.98 Å². The van der Waals surface area contributed by atoms with Gasteiger partial charge in [0, 0.05) is 30.2 Å². The SMILES string of the molecule is CCOC(=O)Cc1c2n(c3ccc(OC)cc13)C(C(=O)c1ccccn1)=NCC2. The zero-order valence-corrected chi connectivity index (χ0v) is 16.3. The molecule has 4 rings (SSSR count).